The van der Waals surface area contributed by atoms with E-state index in [-0.39, 0.29) is 5.91 Å². The molecule has 0 bridgehead atoms. The lowest BCUT2D eigenvalue weighted by atomic mass is 10.1. The Hall–Kier alpha value is -3.52. The van der Waals surface area contributed by atoms with E-state index < -0.39 is 11.8 Å². The first-order valence-electron chi connectivity index (χ1n) is 10.0. The van der Waals surface area contributed by atoms with Gasteiger partial charge in [-0.2, -0.15) is 0 Å². The lowest BCUT2D eigenvalue weighted by Gasteiger charge is -2.16. The molecule has 4 rings (SSSR count). The number of aromatic nitrogens is 1. The van der Waals surface area contributed by atoms with E-state index >= 15 is 0 Å². The molecule has 7 nitrogen and oxygen atoms in total. The van der Waals surface area contributed by atoms with Crippen LogP contribution in [-0.4, -0.2) is 34.2 Å². The maximum absolute atomic E-state index is 12.6. The molecule has 158 valence electrons. The number of carbonyl (C=O) groups is 3. The molecule has 0 spiro atoms. The summed E-state index contributed by atoms with van der Waals surface area (Å²) in [6, 6.07) is 16.7. The predicted molar refractivity (Wildman–Crippen MR) is 118 cm³/mol. The number of aryl methyl sites for hydroxylation is 1. The number of thiazole rings is 1. The largest absolute Gasteiger partial charge is 0.338 e. The maximum Gasteiger partial charge on any atom is 0.281 e. The van der Waals surface area contributed by atoms with Crippen molar-refractivity contribution in [3.8, 4) is 10.6 Å². The molecule has 1 aliphatic rings. The molecule has 0 unspecified atom stereocenters. The third-order valence-electron chi connectivity index (χ3n) is 5.05. The lowest BCUT2D eigenvalue weighted by molar-refractivity contribution is -0.128. The van der Waals surface area contributed by atoms with Crippen molar-refractivity contribution in [1.29, 1.82) is 0 Å². The Morgan fingerprint density at radius 2 is 1.84 bits per heavy atom. The monoisotopic (exact) mass is 434 g/mol. The highest BCUT2D eigenvalue weighted by atomic mass is 32.1. The number of benzene rings is 2. The van der Waals surface area contributed by atoms with Crippen molar-refractivity contribution in [3.63, 3.8) is 0 Å². The third kappa shape index (κ3) is 4.80. The second-order valence-electron chi connectivity index (χ2n) is 7.33. The number of hydrazine groups is 1. The molecular weight excluding hydrogens is 412 g/mol. The molecule has 0 saturated carbocycles. The van der Waals surface area contributed by atoms with Crippen LogP contribution in [0.2, 0.25) is 0 Å². The molecular formula is C23H22N4O3S. The highest BCUT2D eigenvalue weighted by Crippen LogP contribution is 2.27. The van der Waals surface area contributed by atoms with Crippen molar-refractivity contribution < 1.29 is 14.4 Å². The zero-order valence-corrected chi connectivity index (χ0v) is 17.9. The molecule has 2 heterocycles. The van der Waals surface area contributed by atoms with Gasteiger partial charge in [-0.05, 0) is 31.0 Å². The molecule has 2 N–H and O–H groups in total. The number of likely N-dealkylation sites (tertiary alicyclic amines) is 1. The first-order valence-corrected chi connectivity index (χ1v) is 10.8. The van der Waals surface area contributed by atoms with E-state index in [4.69, 9.17) is 0 Å². The fourth-order valence-electron chi connectivity index (χ4n) is 3.46. The molecule has 1 aliphatic heterocycles. The Kier molecular flexibility index (Phi) is 6.08. The fraction of sp³-hybridized carbons (Fsp3) is 0.217. The van der Waals surface area contributed by atoms with E-state index in [1.165, 1.54) is 11.3 Å². The normalized spacial score (nSPS) is 13.3. The Bertz CT molecular complexity index is 1130. The number of amides is 3. The number of carbonyl (C=O) groups excluding carboxylic acids is 3. The first-order chi connectivity index (χ1) is 15.0. The summed E-state index contributed by atoms with van der Waals surface area (Å²) in [6.45, 7) is 2.99. The maximum atomic E-state index is 12.6. The van der Waals surface area contributed by atoms with Crippen molar-refractivity contribution in [2.24, 2.45) is 0 Å². The van der Waals surface area contributed by atoms with E-state index in [2.05, 4.69) is 15.8 Å². The van der Waals surface area contributed by atoms with Gasteiger partial charge in [-0.3, -0.25) is 25.2 Å². The quantitative estimate of drug-likeness (QED) is 0.603. The second-order valence-corrected chi connectivity index (χ2v) is 8.33. The molecule has 2 aromatic carbocycles. The van der Waals surface area contributed by atoms with Crippen LogP contribution in [0.1, 0.15) is 44.1 Å². The number of nitrogens with zero attached hydrogens (tertiary/aromatic N) is 2. The number of rotatable bonds is 5. The Balaban J connectivity index is 1.39. The summed E-state index contributed by atoms with van der Waals surface area (Å²) in [4.78, 5) is 43.6. The van der Waals surface area contributed by atoms with Crippen LogP contribution in [0.15, 0.2) is 54.6 Å². The molecule has 31 heavy (non-hydrogen) atoms. The Morgan fingerprint density at radius 3 is 2.58 bits per heavy atom. The molecule has 1 aromatic heterocycles. The van der Waals surface area contributed by atoms with Gasteiger partial charge >= 0.3 is 0 Å². The third-order valence-corrected chi connectivity index (χ3v) is 6.25. The molecule has 8 heteroatoms. The van der Waals surface area contributed by atoms with Crippen molar-refractivity contribution in [1.82, 2.24) is 20.7 Å². The van der Waals surface area contributed by atoms with Gasteiger partial charge in [0.2, 0.25) is 5.91 Å². The topological polar surface area (TPSA) is 91.4 Å². The summed E-state index contributed by atoms with van der Waals surface area (Å²) < 4.78 is 0. The van der Waals surface area contributed by atoms with Gasteiger partial charge in [0.1, 0.15) is 9.88 Å². The summed E-state index contributed by atoms with van der Waals surface area (Å²) in [6.07, 6.45) is 1.45. The zero-order valence-electron chi connectivity index (χ0n) is 17.1. The first kappa shape index (κ1) is 20.7. The van der Waals surface area contributed by atoms with Gasteiger partial charge in [-0.1, -0.05) is 42.5 Å². The number of hydrogen-bond donors (Lipinski definition) is 2. The van der Waals surface area contributed by atoms with Crippen molar-refractivity contribution >= 4 is 29.1 Å². The van der Waals surface area contributed by atoms with E-state index in [1.54, 1.807) is 30.0 Å². The molecule has 0 radical (unpaired) electrons. The standard InChI is InChI=1S/C23H22N4O3S/c1-15-20(31-23(24-15)17-8-3-2-4-9-17)22(30)26-25-21(29)18-10-5-7-16(13-18)14-27-12-6-11-19(27)28/h2-5,7-10,13H,6,11-12,14H2,1H3,(H,25,29)(H,26,30). The summed E-state index contributed by atoms with van der Waals surface area (Å²) >= 11 is 1.28. The van der Waals surface area contributed by atoms with Crippen LogP contribution in [0.3, 0.4) is 0 Å². The van der Waals surface area contributed by atoms with Gasteiger partial charge in [0.15, 0.2) is 0 Å². The van der Waals surface area contributed by atoms with E-state index in [0.29, 0.717) is 29.1 Å². The minimum atomic E-state index is -0.423. The number of nitrogens with one attached hydrogen (secondary N) is 2. The number of hydrogen-bond acceptors (Lipinski definition) is 5. The van der Waals surface area contributed by atoms with Gasteiger partial charge in [0, 0.05) is 30.6 Å². The van der Waals surface area contributed by atoms with Crippen molar-refractivity contribution in [2.75, 3.05) is 6.54 Å². The van der Waals surface area contributed by atoms with Gasteiger partial charge in [0.25, 0.3) is 11.8 Å². The van der Waals surface area contributed by atoms with Crippen LogP contribution in [-0.2, 0) is 11.3 Å². The van der Waals surface area contributed by atoms with Crippen LogP contribution in [0.4, 0.5) is 0 Å². The minimum Gasteiger partial charge on any atom is -0.338 e. The van der Waals surface area contributed by atoms with Gasteiger partial charge < -0.3 is 4.90 Å². The highest BCUT2D eigenvalue weighted by Gasteiger charge is 2.21. The van der Waals surface area contributed by atoms with E-state index in [0.717, 1.165) is 29.1 Å². The molecule has 0 atom stereocenters. The average Bonchev–Trinajstić information content (AvgIpc) is 3.38. The van der Waals surface area contributed by atoms with E-state index in [9.17, 15) is 14.4 Å². The van der Waals surface area contributed by atoms with Crippen molar-refractivity contribution in [2.45, 2.75) is 26.3 Å². The smallest absolute Gasteiger partial charge is 0.281 e. The summed E-state index contributed by atoms with van der Waals surface area (Å²) in [7, 11) is 0. The Morgan fingerprint density at radius 1 is 1.06 bits per heavy atom. The molecule has 1 fully saturated rings. The van der Waals surface area contributed by atoms with Crippen LogP contribution in [0.25, 0.3) is 10.6 Å². The van der Waals surface area contributed by atoms with Crippen LogP contribution in [0.5, 0.6) is 0 Å². The molecule has 3 amide bonds. The SMILES string of the molecule is Cc1nc(-c2ccccc2)sc1C(=O)NNC(=O)c1cccc(CN2CCCC2=O)c1. The van der Waals surface area contributed by atoms with Gasteiger partial charge in [-0.15, -0.1) is 11.3 Å². The minimum absolute atomic E-state index is 0.136. The van der Waals surface area contributed by atoms with Crippen LogP contribution in [0, 0.1) is 6.92 Å². The zero-order chi connectivity index (χ0) is 21.8. The molecule has 1 saturated heterocycles. The summed E-state index contributed by atoms with van der Waals surface area (Å²) in [5.74, 6) is -0.699. The lowest BCUT2D eigenvalue weighted by Crippen LogP contribution is -2.41. The second kappa shape index (κ2) is 9.09. The fourth-order valence-corrected chi connectivity index (χ4v) is 4.42. The molecule has 3 aromatic rings. The van der Waals surface area contributed by atoms with Crippen molar-refractivity contribution in [3.05, 3.63) is 76.3 Å². The van der Waals surface area contributed by atoms with Crippen LogP contribution >= 0.6 is 11.3 Å². The highest BCUT2D eigenvalue weighted by molar-refractivity contribution is 7.17. The molecule has 0 aliphatic carbocycles. The van der Waals surface area contributed by atoms with Crippen LogP contribution < -0.4 is 10.9 Å². The van der Waals surface area contributed by atoms with Gasteiger partial charge in [0.05, 0.1) is 5.69 Å². The summed E-state index contributed by atoms with van der Waals surface area (Å²) in [5, 5.41) is 0.749. The average molecular weight is 435 g/mol. The Labute approximate surface area is 184 Å². The predicted octanol–water partition coefficient (Wildman–Crippen LogP) is 3.32. The summed E-state index contributed by atoms with van der Waals surface area (Å²) in [5.41, 5.74) is 7.76. The van der Waals surface area contributed by atoms with E-state index in [1.807, 2.05) is 36.4 Å². The van der Waals surface area contributed by atoms with Gasteiger partial charge in [-0.25, -0.2) is 4.98 Å².